The van der Waals surface area contributed by atoms with Crippen LogP contribution < -0.4 is 5.56 Å². The zero-order chi connectivity index (χ0) is 21.3. The van der Waals surface area contributed by atoms with Gasteiger partial charge in [0.15, 0.2) is 5.75 Å². The highest BCUT2D eigenvalue weighted by Gasteiger charge is 2.28. The van der Waals surface area contributed by atoms with Crippen LogP contribution in [0.3, 0.4) is 0 Å². The summed E-state index contributed by atoms with van der Waals surface area (Å²) >= 11 is 0. The summed E-state index contributed by atoms with van der Waals surface area (Å²) in [5, 5.41) is 19.4. The normalized spacial score (nSPS) is 18.0. The second kappa shape index (κ2) is 7.84. The van der Waals surface area contributed by atoms with Crippen LogP contribution >= 0.6 is 0 Å². The van der Waals surface area contributed by atoms with Crippen LogP contribution in [0.15, 0.2) is 46.2 Å². The molecule has 2 aromatic rings. The molecule has 3 rings (SSSR count). The molecule has 11 heteroatoms. The average Bonchev–Trinajstić information content (AvgIpc) is 2.65. The Labute approximate surface area is 166 Å². The van der Waals surface area contributed by atoms with E-state index >= 15 is 0 Å². The number of aromatic nitrogens is 1. The fourth-order valence-electron chi connectivity index (χ4n) is 3.31. The second-order valence-electron chi connectivity index (χ2n) is 6.81. The second-order valence-corrected chi connectivity index (χ2v) is 8.63. The summed E-state index contributed by atoms with van der Waals surface area (Å²) in [6.45, 7) is 2.99. The number of hydrogen-bond donors (Lipinski definition) is 2. The van der Waals surface area contributed by atoms with E-state index in [0.717, 1.165) is 24.4 Å². The third-order valence-electron chi connectivity index (χ3n) is 4.82. The third-order valence-corrected chi connectivity index (χ3v) is 6.48. The molecule has 2 N–H and O–H groups in total. The number of rotatable bonds is 4. The van der Waals surface area contributed by atoms with Gasteiger partial charge in [-0.05, 0) is 31.2 Å². The van der Waals surface area contributed by atoms with Gasteiger partial charge in [-0.15, -0.1) is 0 Å². The molecule has 9 nitrogen and oxygen atoms in total. The van der Waals surface area contributed by atoms with E-state index in [1.165, 1.54) is 17.0 Å². The lowest BCUT2D eigenvalue weighted by Crippen LogP contribution is -2.53. The Morgan fingerprint density at radius 1 is 1.28 bits per heavy atom. The van der Waals surface area contributed by atoms with Crippen LogP contribution in [0, 0.1) is 5.82 Å². The van der Waals surface area contributed by atoms with Gasteiger partial charge >= 0.3 is 11.7 Å². The highest BCUT2D eigenvalue weighted by molar-refractivity contribution is 7.90. The van der Waals surface area contributed by atoms with Crippen LogP contribution in [0.25, 0.3) is 0 Å². The maximum Gasteiger partial charge on any atom is 0.407 e. The van der Waals surface area contributed by atoms with Crippen LogP contribution in [0.4, 0.5) is 9.18 Å². The molecule has 1 unspecified atom stereocenters. The van der Waals surface area contributed by atoms with Gasteiger partial charge in [0.2, 0.25) is 0 Å². The molecule has 1 amide bonds. The number of aromatic hydroxyl groups is 1. The fourth-order valence-corrected chi connectivity index (χ4v) is 4.57. The smallest absolute Gasteiger partial charge is 0.407 e. The lowest BCUT2D eigenvalue weighted by molar-refractivity contribution is 0.0707. The Bertz CT molecular complexity index is 1100. The third kappa shape index (κ3) is 4.10. The standard InChI is InChI=1S/C18H20FN3O6S/c1-12-10-20(7-8-21(12)18(25)26)11-13-5-6-22(17(24)16(13)23)29(27,28)15-4-2-3-14(19)9-15/h2-6,9,12,23H,7-8,10-11H2,1H3,(H,25,26). The first kappa shape index (κ1) is 20.8. The summed E-state index contributed by atoms with van der Waals surface area (Å²) in [5.74, 6) is -1.49. The first-order chi connectivity index (χ1) is 13.6. The van der Waals surface area contributed by atoms with Crippen molar-refractivity contribution in [2.24, 2.45) is 0 Å². The molecule has 2 heterocycles. The predicted octanol–water partition coefficient (Wildman–Crippen LogP) is 1.11. The summed E-state index contributed by atoms with van der Waals surface area (Å²) in [5.41, 5.74) is -0.916. The zero-order valence-electron chi connectivity index (χ0n) is 15.5. The minimum atomic E-state index is -4.37. The summed E-state index contributed by atoms with van der Waals surface area (Å²) < 4.78 is 39.0. The average molecular weight is 425 g/mol. The maximum absolute atomic E-state index is 13.4. The van der Waals surface area contributed by atoms with Crippen LogP contribution in [0.1, 0.15) is 12.5 Å². The Morgan fingerprint density at radius 3 is 2.62 bits per heavy atom. The van der Waals surface area contributed by atoms with E-state index in [0.29, 0.717) is 17.1 Å². The molecule has 156 valence electrons. The van der Waals surface area contributed by atoms with Gasteiger partial charge in [-0.1, -0.05) is 6.07 Å². The van der Waals surface area contributed by atoms with Crippen molar-refractivity contribution < 1.29 is 27.8 Å². The quantitative estimate of drug-likeness (QED) is 0.753. The number of carbonyl (C=O) groups is 1. The molecule has 1 atom stereocenters. The van der Waals surface area contributed by atoms with Crippen molar-refractivity contribution in [3.8, 4) is 5.75 Å². The molecule has 0 saturated carbocycles. The van der Waals surface area contributed by atoms with E-state index < -0.39 is 38.1 Å². The highest BCUT2D eigenvalue weighted by atomic mass is 32.2. The molecule has 1 fully saturated rings. The van der Waals surface area contributed by atoms with Crippen molar-refractivity contribution in [2.75, 3.05) is 19.6 Å². The topological polar surface area (TPSA) is 120 Å². The Morgan fingerprint density at radius 2 is 2.00 bits per heavy atom. The Hall–Kier alpha value is -2.92. The first-order valence-corrected chi connectivity index (χ1v) is 10.2. The summed E-state index contributed by atoms with van der Waals surface area (Å²) in [6, 6.07) is 5.27. The number of carboxylic acid groups (broad SMARTS) is 1. The van der Waals surface area contributed by atoms with E-state index in [-0.39, 0.29) is 24.7 Å². The van der Waals surface area contributed by atoms with Gasteiger partial charge in [0.25, 0.3) is 10.0 Å². The minimum absolute atomic E-state index is 0.153. The molecular formula is C18H20FN3O6S. The summed E-state index contributed by atoms with van der Waals surface area (Å²) in [6.07, 6.45) is 0.0133. The van der Waals surface area contributed by atoms with Crippen LogP contribution in [-0.4, -0.2) is 64.2 Å². The van der Waals surface area contributed by atoms with E-state index in [1.807, 2.05) is 4.90 Å². The van der Waals surface area contributed by atoms with Crippen molar-refractivity contribution in [1.82, 2.24) is 13.8 Å². The number of benzene rings is 1. The summed E-state index contributed by atoms with van der Waals surface area (Å²) in [7, 11) is -4.37. The SMILES string of the molecule is CC1CN(Cc2ccn(S(=O)(=O)c3cccc(F)c3)c(=O)c2O)CCN1C(=O)O. The number of pyridine rings is 1. The predicted molar refractivity (Wildman–Crippen MR) is 101 cm³/mol. The van der Waals surface area contributed by atoms with Gasteiger partial charge in [-0.25, -0.2) is 21.6 Å². The number of amides is 1. The fraction of sp³-hybridized carbons (Fsp3) is 0.333. The minimum Gasteiger partial charge on any atom is -0.503 e. The summed E-state index contributed by atoms with van der Waals surface area (Å²) in [4.78, 5) is 26.4. The van der Waals surface area contributed by atoms with Crippen molar-refractivity contribution in [3.63, 3.8) is 0 Å². The molecule has 0 bridgehead atoms. The number of halogens is 1. The zero-order valence-corrected chi connectivity index (χ0v) is 16.3. The van der Waals surface area contributed by atoms with Crippen molar-refractivity contribution >= 4 is 16.1 Å². The molecular weight excluding hydrogens is 405 g/mol. The van der Waals surface area contributed by atoms with Crippen molar-refractivity contribution in [3.05, 3.63) is 58.3 Å². The van der Waals surface area contributed by atoms with Gasteiger partial charge in [0, 0.05) is 44.0 Å². The maximum atomic E-state index is 13.4. The number of nitrogens with zero attached hydrogens (tertiary/aromatic N) is 3. The molecule has 29 heavy (non-hydrogen) atoms. The molecule has 1 saturated heterocycles. The van der Waals surface area contributed by atoms with E-state index in [4.69, 9.17) is 5.11 Å². The van der Waals surface area contributed by atoms with Crippen LogP contribution in [-0.2, 0) is 16.6 Å². The highest BCUT2D eigenvalue weighted by Crippen LogP contribution is 2.20. The lowest BCUT2D eigenvalue weighted by atomic mass is 10.1. The number of hydrogen-bond acceptors (Lipinski definition) is 6. The lowest BCUT2D eigenvalue weighted by Gasteiger charge is -2.38. The Kier molecular flexibility index (Phi) is 5.62. The van der Waals surface area contributed by atoms with Crippen LogP contribution in [0.2, 0.25) is 0 Å². The number of piperazine rings is 1. The van der Waals surface area contributed by atoms with Gasteiger partial charge in [-0.2, -0.15) is 0 Å². The van der Waals surface area contributed by atoms with Crippen molar-refractivity contribution in [1.29, 1.82) is 0 Å². The molecule has 0 aliphatic carbocycles. The first-order valence-electron chi connectivity index (χ1n) is 8.78. The largest absolute Gasteiger partial charge is 0.503 e. The molecule has 1 aromatic heterocycles. The van der Waals surface area contributed by atoms with Gasteiger partial charge in [0.05, 0.1) is 4.90 Å². The van der Waals surface area contributed by atoms with Gasteiger partial charge in [-0.3, -0.25) is 9.69 Å². The molecule has 1 aromatic carbocycles. The van der Waals surface area contributed by atoms with E-state index in [2.05, 4.69) is 0 Å². The van der Waals surface area contributed by atoms with E-state index in [1.54, 1.807) is 6.92 Å². The monoisotopic (exact) mass is 425 g/mol. The van der Waals surface area contributed by atoms with Crippen molar-refractivity contribution in [2.45, 2.75) is 24.4 Å². The van der Waals surface area contributed by atoms with Crippen LogP contribution in [0.5, 0.6) is 5.75 Å². The van der Waals surface area contributed by atoms with E-state index in [9.17, 15) is 27.5 Å². The molecule has 1 aliphatic rings. The molecule has 0 spiro atoms. The molecule has 0 radical (unpaired) electrons. The Balaban J connectivity index is 1.85. The van der Waals surface area contributed by atoms with Gasteiger partial charge < -0.3 is 15.1 Å². The van der Waals surface area contributed by atoms with Gasteiger partial charge in [0.1, 0.15) is 5.82 Å². The molecule has 1 aliphatic heterocycles.